The highest BCUT2D eigenvalue weighted by atomic mass is 16.5. The zero-order valence-corrected chi connectivity index (χ0v) is 15.6. The number of aromatic nitrogens is 3. The standard InChI is InChI=1S/C19H25N5O3/c1-27-12-16(25)24-10-6-14(11-24)19(26)23-8-4-13(5-9-23)17-21-15-3-2-7-20-18(15)22-17/h2-3,7,13-14H,4-6,8-12H2,1H3,(H,20,21,22). The molecule has 0 saturated carbocycles. The lowest BCUT2D eigenvalue weighted by Crippen LogP contribution is -2.42. The van der Waals surface area contributed by atoms with E-state index in [2.05, 4.69) is 15.0 Å². The number of piperidine rings is 1. The van der Waals surface area contributed by atoms with Gasteiger partial charge in [0.1, 0.15) is 12.4 Å². The lowest BCUT2D eigenvalue weighted by molar-refractivity contribution is -0.137. The number of rotatable bonds is 4. The second-order valence-corrected chi connectivity index (χ2v) is 7.35. The van der Waals surface area contributed by atoms with Gasteiger partial charge in [0, 0.05) is 45.4 Å². The van der Waals surface area contributed by atoms with Crippen LogP contribution >= 0.6 is 0 Å². The second kappa shape index (κ2) is 7.64. The highest BCUT2D eigenvalue weighted by Crippen LogP contribution is 2.29. The third-order valence-electron chi connectivity index (χ3n) is 5.63. The number of nitrogens with one attached hydrogen (secondary N) is 1. The van der Waals surface area contributed by atoms with E-state index in [9.17, 15) is 9.59 Å². The largest absolute Gasteiger partial charge is 0.375 e. The molecule has 8 nitrogen and oxygen atoms in total. The summed E-state index contributed by atoms with van der Waals surface area (Å²) < 4.78 is 4.90. The lowest BCUT2D eigenvalue weighted by atomic mass is 9.95. The number of carbonyl (C=O) groups excluding carboxylic acids is 2. The Morgan fingerprint density at radius 1 is 1.22 bits per heavy atom. The maximum absolute atomic E-state index is 12.8. The number of imidazole rings is 1. The molecule has 2 aliphatic heterocycles. The molecular weight excluding hydrogens is 346 g/mol. The molecule has 0 aliphatic carbocycles. The summed E-state index contributed by atoms with van der Waals surface area (Å²) in [5.41, 5.74) is 1.70. The maximum Gasteiger partial charge on any atom is 0.248 e. The minimum absolute atomic E-state index is 0.0370. The van der Waals surface area contributed by atoms with Gasteiger partial charge < -0.3 is 19.5 Å². The minimum atomic E-state index is -0.0854. The van der Waals surface area contributed by atoms with E-state index in [0.717, 1.165) is 49.3 Å². The molecule has 2 aromatic rings. The second-order valence-electron chi connectivity index (χ2n) is 7.35. The van der Waals surface area contributed by atoms with Gasteiger partial charge in [-0.3, -0.25) is 9.59 Å². The molecule has 27 heavy (non-hydrogen) atoms. The van der Waals surface area contributed by atoms with E-state index in [1.165, 1.54) is 7.11 Å². The number of nitrogens with zero attached hydrogens (tertiary/aromatic N) is 4. The molecule has 144 valence electrons. The van der Waals surface area contributed by atoms with Crippen molar-refractivity contribution in [1.82, 2.24) is 24.8 Å². The number of hydrogen-bond acceptors (Lipinski definition) is 5. The highest BCUT2D eigenvalue weighted by molar-refractivity contribution is 5.82. The molecule has 2 saturated heterocycles. The van der Waals surface area contributed by atoms with Crippen molar-refractivity contribution in [3.63, 3.8) is 0 Å². The normalized spacial score (nSPS) is 21.1. The maximum atomic E-state index is 12.8. The molecule has 2 amide bonds. The fraction of sp³-hybridized carbons (Fsp3) is 0.579. The van der Waals surface area contributed by atoms with Crippen LogP contribution in [0.2, 0.25) is 0 Å². The van der Waals surface area contributed by atoms with E-state index in [1.807, 2.05) is 17.0 Å². The zero-order chi connectivity index (χ0) is 18.8. The Morgan fingerprint density at radius 2 is 2.00 bits per heavy atom. The third kappa shape index (κ3) is 3.66. The van der Waals surface area contributed by atoms with Crippen LogP contribution in [0.3, 0.4) is 0 Å². The van der Waals surface area contributed by atoms with Gasteiger partial charge >= 0.3 is 0 Å². The molecule has 4 heterocycles. The van der Waals surface area contributed by atoms with E-state index in [-0.39, 0.29) is 24.3 Å². The summed E-state index contributed by atoms with van der Waals surface area (Å²) in [5, 5.41) is 0. The summed E-state index contributed by atoms with van der Waals surface area (Å²) in [4.78, 5) is 40.7. The van der Waals surface area contributed by atoms with Gasteiger partial charge in [-0.1, -0.05) is 0 Å². The number of hydrogen-bond donors (Lipinski definition) is 1. The molecule has 2 aromatic heterocycles. The third-order valence-corrected chi connectivity index (χ3v) is 5.63. The average Bonchev–Trinajstić information content (AvgIpc) is 3.35. The average molecular weight is 371 g/mol. The van der Waals surface area contributed by atoms with Gasteiger partial charge in [-0.25, -0.2) is 9.97 Å². The molecule has 0 radical (unpaired) electrons. The van der Waals surface area contributed by atoms with Gasteiger partial charge in [0.25, 0.3) is 0 Å². The fourth-order valence-electron chi connectivity index (χ4n) is 4.09. The zero-order valence-electron chi connectivity index (χ0n) is 15.6. The summed E-state index contributed by atoms with van der Waals surface area (Å²) in [6, 6.07) is 3.88. The SMILES string of the molecule is COCC(=O)N1CCC(C(=O)N2CCC(c3nc4ncccc4[nH]3)CC2)C1. The van der Waals surface area contributed by atoms with Gasteiger partial charge in [-0.05, 0) is 31.4 Å². The quantitative estimate of drug-likeness (QED) is 0.871. The number of H-pyrrole nitrogens is 1. The number of aromatic amines is 1. The molecule has 4 rings (SSSR count). The Labute approximate surface area is 157 Å². The van der Waals surface area contributed by atoms with Gasteiger partial charge in [0.2, 0.25) is 11.8 Å². The van der Waals surface area contributed by atoms with E-state index in [0.29, 0.717) is 19.0 Å². The predicted molar refractivity (Wildman–Crippen MR) is 99.0 cm³/mol. The molecular formula is C19H25N5O3. The molecule has 2 aliphatic rings. The first-order valence-electron chi connectivity index (χ1n) is 9.52. The summed E-state index contributed by atoms with van der Waals surface area (Å²) in [7, 11) is 1.51. The number of fused-ring (bicyclic) bond motifs is 1. The van der Waals surface area contributed by atoms with E-state index in [1.54, 1.807) is 11.1 Å². The molecule has 0 bridgehead atoms. The molecule has 1 unspecified atom stereocenters. The van der Waals surface area contributed by atoms with Crippen LogP contribution in [-0.4, -0.2) is 76.5 Å². The predicted octanol–water partition coefficient (Wildman–Crippen LogP) is 1.16. The first-order valence-corrected chi connectivity index (χ1v) is 9.52. The van der Waals surface area contributed by atoms with Crippen molar-refractivity contribution in [2.24, 2.45) is 5.92 Å². The van der Waals surface area contributed by atoms with Crippen LogP contribution in [0.4, 0.5) is 0 Å². The van der Waals surface area contributed by atoms with Gasteiger partial charge in [0.05, 0.1) is 11.4 Å². The van der Waals surface area contributed by atoms with Crippen molar-refractivity contribution in [3.05, 3.63) is 24.2 Å². The van der Waals surface area contributed by atoms with Crippen molar-refractivity contribution < 1.29 is 14.3 Å². The minimum Gasteiger partial charge on any atom is -0.375 e. The summed E-state index contributed by atoms with van der Waals surface area (Å²) in [5.74, 6) is 1.34. The van der Waals surface area contributed by atoms with Crippen molar-refractivity contribution in [3.8, 4) is 0 Å². The fourth-order valence-corrected chi connectivity index (χ4v) is 4.09. The van der Waals surface area contributed by atoms with E-state index < -0.39 is 0 Å². The monoisotopic (exact) mass is 371 g/mol. The number of likely N-dealkylation sites (tertiary alicyclic amines) is 2. The molecule has 1 N–H and O–H groups in total. The Bertz CT molecular complexity index is 795. The van der Waals surface area contributed by atoms with E-state index >= 15 is 0 Å². The van der Waals surface area contributed by atoms with Gasteiger partial charge in [0.15, 0.2) is 5.65 Å². The molecule has 0 spiro atoms. The first-order chi connectivity index (χ1) is 13.2. The van der Waals surface area contributed by atoms with Crippen LogP contribution in [0, 0.1) is 5.92 Å². The van der Waals surface area contributed by atoms with Crippen LogP contribution in [0.5, 0.6) is 0 Å². The van der Waals surface area contributed by atoms with Crippen LogP contribution < -0.4 is 0 Å². The number of methoxy groups -OCH3 is 1. The Hall–Kier alpha value is -2.48. The summed E-state index contributed by atoms with van der Waals surface area (Å²) in [6.45, 7) is 2.70. The van der Waals surface area contributed by atoms with Crippen molar-refractivity contribution in [2.75, 3.05) is 39.9 Å². The van der Waals surface area contributed by atoms with Crippen molar-refractivity contribution in [2.45, 2.75) is 25.2 Å². The number of amides is 2. The van der Waals surface area contributed by atoms with Crippen molar-refractivity contribution in [1.29, 1.82) is 0 Å². The topological polar surface area (TPSA) is 91.4 Å². The Balaban J connectivity index is 1.32. The molecule has 8 heteroatoms. The van der Waals surface area contributed by atoms with Crippen molar-refractivity contribution >= 4 is 23.0 Å². The number of carbonyl (C=O) groups is 2. The number of pyridine rings is 1. The molecule has 1 atom stereocenters. The Kier molecular flexibility index (Phi) is 5.07. The summed E-state index contributed by atoms with van der Waals surface area (Å²) in [6.07, 6.45) is 4.27. The smallest absolute Gasteiger partial charge is 0.248 e. The van der Waals surface area contributed by atoms with E-state index in [4.69, 9.17) is 4.74 Å². The molecule has 0 aromatic carbocycles. The van der Waals surface area contributed by atoms with Crippen LogP contribution in [0.25, 0.3) is 11.2 Å². The van der Waals surface area contributed by atoms with Crippen LogP contribution in [-0.2, 0) is 14.3 Å². The lowest BCUT2D eigenvalue weighted by Gasteiger charge is -2.32. The number of ether oxygens (including phenoxy) is 1. The Morgan fingerprint density at radius 3 is 2.74 bits per heavy atom. The summed E-state index contributed by atoms with van der Waals surface area (Å²) >= 11 is 0. The highest BCUT2D eigenvalue weighted by Gasteiger charge is 2.35. The van der Waals surface area contributed by atoms with Crippen LogP contribution in [0.1, 0.15) is 31.0 Å². The van der Waals surface area contributed by atoms with Gasteiger partial charge in [-0.2, -0.15) is 0 Å². The first kappa shape index (κ1) is 17.9. The van der Waals surface area contributed by atoms with Crippen LogP contribution in [0.15, 0.2) is 18.3 Å². The molecule has 2 fully saturated rings. The van der Waals surface area contributed by atoms with Gasteiger partial charge in [-0.15, -0.1) is 0 Å².